The van der Waals surface area contributed by atoms with Crippen molar-refractivity contribution in [1.29, 1.82) is 0 Å². The minimum absolute atomic E-state index is 0.141. The van der Waals surface area contributed by atoms with Gasteiger partial charge in [-0.3, -0.25) is 5.10 Å². The normalized spacial score (nSPS) is 11.2. The zero-order chi connectivity index (χ0) is 16.7. The van der Waals surface area contributed by atoms with Crippen LogP contribution in [0.1, 0.15) is 5.01 Å². The number of fused-ring (bicyclic) bond motifs is 3. The molecule has 0 atom stereocenters. The number of H-pyrrole nitrogens is 1. The van der Waals surface area contributed by atoms with Gasteiger partial charge in [0, 0.05) is 17.1 Å². The lowest BCUT2D eigenvalue weighted by atomic mass is 10.1. The molecule has 0 spiro atoms. The summed E-state index contributed by atoms with van der Waals surface area (Å²) in [5.74, 6) is 0.331. The molecule has 0 aliphatic carbocycles. The number of carbonyl (C=O) groups is 1. The average Bonchev–Trinajstić information content (AvgIpc) is 3.22. The van der Waals surface area contributed by atoms with Crippen molar-refractivity contribution in [3.05, 3.63) is 35.5 Å². The first kappa shape index (κ1) is 14.4. The summed E-state index contributed by atoms with van der Waals surface area (Å²) >= 11 is 1.41. The SMILES string of the molecule is Nc1nc2cc(-c3ccn[nH]3)ccc2c2sc(CNC(=O)O)nc12. The topological polar surface area (TPSA) is 130 Å². The van der Waals surface area contributed by atoms with Gasteiger partial charge < -0.3 is 16.2 Å². The van der Waals surface area contributed by atoms with Crippen LogP contribution in [0.4, 0.5) is 10.6 Å². The molecule has 0 radical (unpaired) electrons. The number of thiazole rings is 1. The number of aromatic nitrogens is 4. The van der Waals surface area contributed by atoms with Crippen molar-refractivity contribution < 1.29 is 9.90 Å². The monoisotopic (exact) mass is 340 g/mol. The number of aromatic amines is 1. The summed E-state index contributed by atoms with van der Waals surface area (Å²) < 4.78 is 0.899. The summed E-state index contributed by atoms with van der Waals surface area (Å²) in [7, 11) is 0. The van der Waals surface area contributed by atoms with Crippen LogP contribution in [0, 0.1) is 0 Å². The summed E-state index contributed by atoms with van der Waals surface area (Å²) in [6.07, 6.45) is 0.601. The first-order chi connectivity index (χ1) is 11.6. The molecular formula is C15H12N6O2S. The number of nitrogen functional groups attached to an aromatic ring is 1. The fraction of sp³-hybridized carbons (Fsp3) is 0.0667. The lowest BCUT2D eigenvalue weighted by Crippen LogP contribution is -2.19. The van der Waals surface area contributed by atoms with E-state index in [0.717, 1.165) is 26.9 Å². The smallest absolute Gasteiger partial charge is 0.405 e. The highest BCUT2D eigenvalue weighted by Crippen LogP contribution is 2.34. The van der Waals surface area contributed by atoms with Crippen LogP contribution < -0.4 is 11.1 Å². The van der Waals surface area contributed by atoms with Crippen LogP contribution >= 0.6 is 11.3 Å². The molecular weight excluding hydrogens is 328 g/mol. The summed E-state index contributed by atoms with van der Waals surface area (Å²) in [6.45, 7) is 0.141. The van der Waals surface area contributed by atoms with E-state index in [1.807, 2.05) is 24.3 Å². The fourth-order valence-corrected chi connectivity index (χ4v) is 3.58. The minimum Gasteiger partial charge on any atom is -0.465 e. The predicted molar refractivity (Wildman–Crippen MR) is 91.8 cm³/mol. The van der Waals surface area contributed by atoms with Gasteiger partial charge in [0.05, 0.1) is 22.5 Å². The van der Waals surface area contributed by atoms with Crippen molar-refractivity contribution in [3.63, 3.8) is 0 Å². The first-order valence-electron chi connectivity index (χ1n) is 7.07. The molecule has 5 N–H and O–H groups in total. The Morgan fingerprint density at radius 2 is 2.21 bits per heavy atom. The largest absolute Gasteiger partial charge is 0.465 e. The second kappa shape index (κ2) is 5.46. The van der Waals surface area contributed by atoms with Crippen molar-refractivity contribution in [1.82, 2.24) is 25.5 Å². The van der Waals surface area contributed by atoms with Gasteiger partial charge in [-0.2, -0.15) is 5.10 Å². The second-order valence-electron chi connectivity index (χ2n) is 5.14. The van der Waals surface area contributed by atoms with Gasteiger partial charge >= 0.3 is 6.09 Å². The van der Waals surface area contributed by atoms with Crippen molar-refractivity contribution in [3.8, 4) is 11.3 Å². The zero-order valence-electron chi connectivity index (χ0n) is 12.3. The highest BCUT2D eigenvalue weighted by atomic mass is 32.1. The van der Waals surface area contributed by atoms with Crippen LogP contribution in [0.2, 0.25) is 0 Å². The summed E-state index contributed by atoms with van der Waals surface area (Å²) in [5, 5.41) is 19.5. The number of pyridine rings is 1. The molecule has 8 nitrogen and oxygen atoms in total. The molecule has 0 saturated heterocycles. The van der Waals surface area contributed by atoms with E-state index in [0.29, 0.717) is 16.3 Å². The molecule has 0 aliphatic heterocycles. The van der Waals surface area contributed by atoms with Gasteiger partial charge in [-0.15, -0.1) is 11.3 Å². The summed E-state index contributed by atoms with van der Waals surface area (Å²) in [5.41, 5.74) is 9.25. The maximum atomic E-state index is 10.6. The van der Waals surface area contributed by atoms with E-state index in [1.54, 1.807) is 6.20 Å². The Bertz CT molecular complexity index is 1060. The highest BCUT2D eigenvalue weighted by Gasteiger charge is 2.13. The van der Waals surface area contributed by atoms with Crippen LogP contribution in [0.15, 0.2) is 30.5 Å². The predicted octanol–water partition coefficient (Wildman–Crippen LogP) is 2.58. The molecule has 0 saturated carbocycles. The number of hydrogen-bond acceptors (Lipinski definition) is 6. The van der Waals surface area contributed by atoms with Gasteiger partial charge in [-0.25, -0.2) is 14.8 Å². The van der Waals surface area contributed by atoms with Crippen molar-refractivity contribution in [2.45, 2.75) is 6.54 Å². The molecule has 3 heterocycles. The van der Waals surface area contributed by atoms with E-state index >= 15 is 0 Å². The lowest BCUT2D eigenvalue weighted by molar-refractivity contribution is 0.194. The zero-order valence-corrected chi connectivity index (χ0v) is 13.1. The molecule has 24 heavy (non-hydrogen) atoms. The Labute approximate surface area is 139 Å². The van der Waals surface area contributed by atoms with Crippen LogP contribution in [-0.4, -0.2) is 31.4 Å². The maximum Gasteiger partial charge on any atom is 0.405 e. The van der Waals surface area contributed by atoms with Gasteiger partial charge in [0.2, 0.25) is 0 Å². The molecule has 0 aliphatic rings. The van der Waals surface area contributed by atoms with Gasteiger partial charge in [-0.1, -0.05) is 12.1 Å². The summed E-state index contributed by atoms with van der Waals surface area (Å²) in [6, 6.07) is 7.76. The van der Waals surface area contributed by atoms with E-state index in [9.17, 15) is 4.79 Å². The van der Waals surface area contributed by atoms with Gasteiger partial charge in [0.25, 0.3) is 0 Å². The van der Waals surface area contributed by atoms with Crippen LogP contribution in [0.5, 0.6) is 0 Å². The molecule has 4 aromatic rings. The number of amides is 1. The fourth-order valence-electron chi connectivity index (χ4n) is 2.53. The second-order valence-corrected chi connectivity index (χ2v) is 6.23. The average molecular weight is 340 g/mol. The molecule has 1 aromatic carbocycles. The number of carboxylic acid groups (broad SMARTS) is 1. The number of benzene rings is 1. The minimum atomic E-state index is -1.09. The molecule has 120 valence electrons. The van der Waals surface area contributed by atoms with E-state index in [1.165, 1.54) is 11.3 Å². The Kier molecular flexibility index (Phi) is 3.28. The molecule has 4 rings (SSSR count). The lowest BCUT2D eigenvalue weighted by Gasteiger charge is -2.03. The number of anilines is 1. The third kappa shape index (κ3) is 2.40. The Hall–Kier alpha value is -3.20. The van der Waals surface area contributed by atoms with E-state index in [4.69, 9.17) is 10.8 Å². The molecule has 9 heteroatoms. The number of nitrogens with two attached hydrogens (primary N) is 1. The molecule has 0 fully saturated rings. The van der Waals surface area contributed by atoms with Gasteiger partial charge in [0.15, 0.2) is 5.82 Å². The number of rotatable bonds is 3. The quantitative estimate of drug-likeness (QED) is 0.453. The highest BCUT2D eigenvalue weighted by molar-refractivity contribution is 7.19. The van der Waals surface area contributed by atoms with Crippen molar-refractivity contribution >= 4 is 44.4 Å². The maximum absolute atomic E-state index is 10.6. The Balaban J connectivity index is 1.85. The summed E-state index contributed by atoms with van der Waals surface area (Å²) in [4.78, 5) is 19.5. The van der Waals surface area contributed by atoms with Gasteiger partial charge in [0.1, 0.15) is 10.5 Å². The molecule has 0 bridgehead atoms. The van der Waals surface area contributed by atoms with Crippen molar-refractivity contribution in [2.24, 2.45) is 0 Å². The van der Waals surface area contributed by atoms with E-state index in [2.05, 4.69) is 25.5 Å². The standard InChI is InChI=1S/C15H12N6O2S/c16-14-12-13(24-11(20-12)6-17-15(22)23)8-2-1-7(5-10(8)19-14)9-3-4-18-21-9/h1-5,17H,6H2,(H2,16,19)(H,18,21)(H,22,23). The molecule has 0 unspecified atom stereocenters. The van der Waals surface area contributed by atoms with E-state index in [-0.39, 0.29) is 6.54 Å². The Morgan fingerprint density at radius 1 is 1.33 bits per heavy atom. The number of nitrogens with one attached hydrogen (secondary N) is 2. The van der Waals surface area contributed by atoms with E-state index < -0.39 is 6.09 Å². The number of hydrogen-bond donors (Lipinski definition) is 4. The van der Waals surface area contributed by atoms with Crippen LogP contribution in [0.3, 0.4) is 0 Å². The van der Waals surface area contributed by atoms with Crippen molar-refractivity contribution in [2.75, 3.05) is 5.73 Å². The van der Waals surface area contributed by atoms with Crippen LogP contribution in [0.25, 0.3) is 32.4 Å². The Morgan fingerprint density at radius 3 is 2.96 bits per heavy atom. The first-order valence-corrected chi connectivity index (χ1v) is 7.88. The van der Waals surface area contributed by atoms with Crippen LogP contribution in [-0.2, 0) is 6.54 Å². The number of nitrogens with zero attached hydrogens (tertiary/aromatic N) is 3. The third-order valence-electron chi connectivity index (χ3n) is 3.60. The molecule has 1 amide bonds. The molecule has 3 aromatic heterocycles. The van der Waals surface area contributed by atoms with Gasteiger partial charge in [-0.05, 0) is 12.1 Å². The third-order valence-corrected chi connectivity index (χ3v) is 4.69.